The Balaban J connectivity index is 0.000000191. The topological polar surface area (TPSA) is 137 Å². The number of rotatable bonds is 0. The van der Waals surface area contributed by atoms with Gasteiger partial charge in [-0.25, -0.2) is 0 Å². The second-order valence-corrected chi connectivity index (χ2v) is 4.06. The molecular formula is C12H18N6O. The first-order chi connectivity index (χ1) is 8.81. The predicted molar refractivity (Wildman–Crippen MR) is 75.4 cm³/mol. The van der Waals surface area contributed by atoms with Crippen molar-refractivity contribution in [2.24, 2.45) is 0 Å². The molecule has 0 aliphatic carbocycles. The summed E-state index contributed by atoms with van der Waals surface area (Å²) in [4.78, 5) is 10.5. The van der Waals surface area contributed by atoms with Crippen LogP contribution in [0.3, 0.4) is 0 Å². The van der Waals surface area contributed by atoms with E-state index in [0.29, 0.717) is 5.75 Å². The van der Waals surface area contributed by atoms with Crippen LogP contribution in [0.4, 0.5) is 17.8 Å². The van der Waals surface area contributed by atoms with Gasteiger partial charge < -0.3 is 22.3 Å². The Labute approximate surface area is 111 Å². The minimum absolute atomic E-state index is 0.0417. The number of hydrogen-bond donors (Lipinski definition) is 4. The van der Waals surface area contributed by atoms with Crippen LogP contribution in [0.25, 0.3) is 0 Å². The van der Waals surface area contributed by atoms with E-state index in [-0.39, 0.29) is 17.8 Å². The molecule has 1 heterocycles. The number of anilines is 3. The van der Waals surface area contributed by atoms with Crippen LogP contribution in [0.1, 0.15) is 16.7 Å². The van der Waals surface area contributed by atoms with Crippen LogP contribution < -0.4 is 17.2 Å². The molecule has 102 valence electrons. The molecule has 7 heteroatoms. The van der Waals surface area contributed by atoms with Gasteiger partial charge in [-0.1, -0.05) is 6.07 Å². The van der Waals surface area contributed by atoms with Gasteiger partial charge >= 0.3 is 0 Å². The zero-order valence-electron chi connectivity index (χ0n) is 11.2. The van der Waals surface area contributed by atoms with E-state index in [4.69, 9.17) is 17.2 Å². The monoisotopic (exact) mass is 262 g/mol. The number of phenols is 1. The van der Waals surface area contributed by atoms with Gasteiger partial charge in [-0.2, -0.15) is 15.0 Å². The highest BCUT2D eigenvalue weighted by molar-refractivity contribution is 5.41. The van der Waals surface area contributed by atoms with Gasteiger partial charge in [0.2, 0.25) is 17.8 Å². The van der Waals surface area contributed by atoms with Crippen molar-refractivity contribution in [3.8, 4) is 5.75 Å². The summed E-state index contributed by atoms with van der Waals surface area (Å²) in [5.41, 5.74) is 18.8. The Morgan fingerprint density at radius 3 is 1.58 bits per heavy atom. The summed E-state index contributed by atoms with van der Waals surface area (Å²) < 4.78 is 0. The second kappa shape index (κ2) is 5.85. The van der Waals surface area contributed by atoms with Crippen molar-refractivity contribution in [2.75, 3.05) is 17.2 Å². The fourth-order valence-electron chi connectivity index (χ4n) is 1.37. The molecule has 19 heavy (non-hydrogen) atoms. The molecule has 0 bridgehead atoms. The van der Waals surface area contributed by atoms with Crippen molar-refractivity contribution in [1.82, 2.24) is 15.0 Å². The molecule has 7 N–H and O–H groups in total. The third kappa shape index (κ3) is 3.98. The molecule has 2 rings (SSSR count). The Bertz CT molecular complexity index is 507. The molecule has 0 saturated carbocycles. The molecule has 0 spiro atoms. The maximum atomic E-state index is 9.22. The Kier molecular flexibility index (Phi) is 4.46. The van der Waals surface area contributed by atoms with Gasteiger partial charge in [0.15, 0.2) is 0 Å². The summed E-state index contributed by atoms with van der Waals surface area (Å²) in [6.07, 6.45) is 0. The summed E-state index contributed by atoms with van der Waals surface area (Å²) in [7, 11) is 0. The first-order valence-electron chi connectivity index (χ1n) is 5.59. The van der Waals surface area contributed by atoms with E-state index in [2.05, 4.69) is 15.0 Å². The predicted octanol–water partition coefficient (Wildman–Crippen LogP) is 0.936. The van der Waals surface area contributed by atoms with Gasteiger partial charge in [0.25, 0.3) is 0 Å². The van der Waals surface area contributed by atoms with Crippen LogP contribution in [0.15, 0.2) is 12.1 Å². The molecule has 0 fully saturated rings. The molecule has 1 aromatic heterocycles. The number of aromatic nitrogens is 3. The highest BCUT2D eigenvalue weighted by Crippen LogP contribution is 2.21. The molecule has 0 aliphatic heterocycles. The van der Waals surface area contributed by atoms with Crippen LogP contribution in [0.5, 0.6) is 5.75 Å². The fourth-order valence-corrected chi connectivity index (χ4v) is 1.37. The summed E-state index contributed by atoms with van der Waals surface area (Å²) in [5, 5.41) is 9.22. The minimum atomic E-state index is 0.0417. The second-order valence-electron chi connectivity index (χ2n) is 4.06. The lowest BCUT2D eigenvalue weighted by atomic mass is 10.0. The van der Waals surface area contributed by atoms with Gasteiger partial charge in [0.05, 0.1) is 0 Å². The number of nitrogens with two attached hydrogens (primary N) is 3. The van der Waals surface area contributed by atoms with Crippen LogP contribution in [0.2, 0.25) is 0 Å². The van der Waals surface area contributed by atoms with Gasteiger partial charge in [-0.05, 0) is 43.5 Å². The van der Waals surface area contributed by atoms with Gasteiger partial charge in [-0.15, -0.1) is 0 Å². The molecule has 2 aromatic rings. The number of hydrogen-bond acceptors (Lipinski definition) is 7. The van der Waals surface area contributed by atoms with Crippen LogP contribution in [-0.2, 0) is 0 Å². The summed E-state index contributed by atoms with van der Waals surface area (Å²) in [6, 6.07) is 3.66. The zero-order chi connectivity index (χ0) is 14.6. The maximum Gasteiger partial charge on any atom is 0.226 e. The Morgan fingerprint density at radius 2 is 1.21 bits per heavy atom. The third-order valence-electron chi connectivity index (χ3n) is 2.72. The summed E-state index contributed by atoms with van der Waals surface area (Å²) in [5.74, 6) is 0.517. The van der Waals surface area contributed by atoms with E-state index in [1.165, 1.54) is 11.1 Å². The van der Waals surface area contributed by atoms with Crippen LogP contribution >= 0.6 is 0 Å². The van der Waals surface area contributed by atoms with Crippen LogP contribution in [0, 0.1) is 20.8 Å². The highest BCUT2D eigenvalue weighted by atomic mass is 16.3. The SMILES string of the molecule is Cc1ccc(O)c(C)c1C.Nc1nc(N)nc(N)n1. The standard InChI is InChI=1S/C9H12O.C3H6N6/c1-6-4-5-9(10)8(3)7(6)2;4-1-7-2(5)9-3(6)8-1/h4-5,10H,1-3H3;(H6,4,5,6,7,8,9). The lowest BCUT2D eigenvalue weighted by molar-refractivity contribution is 0.470. The summed E-state index contributed by atoms with van der Waals surface area (Å²) >= 11 is 0. The smallest absolute Gasteiger partial charge is 0.226 e. The van der Waals surface area contributed by atoms with E-state index in [0.717, 1.165) is 5.56 Å². The van der Waals surface area contributed by atoms with Gasteiger partial charge in [0.1, 0.15) is 5.75 Å². The molecule has 0 saturated heterocycles. The number of aryl methyl sites for hydroxylation is 1. The van der Waals surface area contributed by atoms with E-state index >= 15 is 0 Å². The minimum Gasteiger partial charge on any atom is -0.508 e. The molecular weight excluding hydrogens is 244 g/mol. The van der Waals surface area contributed by atoms with Crippen molar-refractivity contribution >= 4 is 17.8 Å². The fraction of sp³-hybridized carbons (Fsp3) is 0.250. The highest BCUT2D eigenvalue weighted by Gasteiger charge is 1.99. The molecule has 0 amide bonds. The molecule has 0 radical (unpaired) electrons. The largest absolute Gasteiger partial charge is 0.508 e. The summed E-state index contributed by atoms with van der Waals surface area (Å²) in [6.45, 7) is 5.99. The molecule has 0 aliphatic rings. The van der Waals surface area contributed by atoms with E-state index < -0.39 is 0 Å². The van der Waals surface area contributed by atoms with E-state index in [9.17, 15) is 5.11 Å². The lowest BCUT2D eigenvalue weighted by Gasteiger charge is -2.04. The first kappa shape index (κ1) is 14.5. The number of benzene rings is 1. The average Bonchev–Trinajstić information content (AvgIpc) is 2.30. The van der Waals surface area contributed by atoms with Crippen molar-refractivity contribution < 1.29 is 5.11 Å². The average molecular weight is 262 g/mol. The molecule has 0 unspecified atom stereocenters. The number of nitrogen functional groups attached to an aromatic ring is 3. The Morgan fingerprint density at radius 1 is 0.789 bits per heavy atom. The Hall–Kier alpha value is -2.57. The third-order valence-corrected chi connectivity index (χ3v) is 2.72. The van der Waals surface area contributed by atoms with Crippen molar-refractivity contribution in [2.45, 2.75) is 20.8 Å². The normalized spacial score (nSPS) is 9.63. The van der Waals surface area contributed by atoms with Crippen molar-refractivity contribution in [3.63, 3.8) is 0 Å². The number of phenolic OH excluding ortho intramolecular Hbond substituents is 1. The van der Waals surface area contributed by atoms with Gasteiger partial charge in [0, 0.05) is 0 Å². The van der Waals surface area contributed by atoms with Gasteiger partial charge in [-0.3, -0.25) is 0 Å². The van der Waals surface area contributed by atoms with Crippen molar-refractivity contribution in [3.05, 3.63) is 28.8 Å². The quantitative estimate of drug-likeness (QED) is 0.554. The number of aromatic hydroxyl groups is 1. The lowest BCUT2D eigenvalue weighted by Crippen LogP contribution is -2.05. The van der Waals surface area contributed by atoms with E-state index in [1.807, 2.05) is 26.8 Å². The van der Waals surface area contributed by atoms with Crippen molar-refractivity contribution in [1.29, 1.82) is 0 Å². The molecule has 0 atom stereocenters. The first-order valence-corrected chi connectivity index (χ1v) is 5.59. The molecule has 7 nitrogen and oxygen atoms in total. The molecule has 1 aromatic carbocycles. The maximum absolute atomic E-state index is 9.22. The van der Waals surface area contributed by atoms with Crippen LogP contribution in [-0.4, -0.2) is 20.1 Å². The zero-order valence-corrected chi connectivity index (χ0v) is 11.2. The number of nitrogens with zero attached hydrogens (tertiary/aromatic N) is 3. The van der Waals surface area contributed by atoms with E-state index in [1.54, 1.807) is 6.07 Å².